The largest absolute Gasteiger partial charge is 0.376 e. The number of para-hydroxylation sites is 1. The lowest BCUT2D eigenvalue weighted by molar-refractivity contribution is -0.114. The van der Waals surface area contributed by atoms with Gasteiger partial charge < -0.3 is 10.6 Å². The molecule has 1 saturated heterocycles. The molecule has 1 amide bonds. The second-order valence-corrected chi connectivity index (χ2v) is 11.1. The number of nitrogens with zero attached hydrogens (tertiary/aromatic N) is 1. The van der Waals surface area contributed by atoms with E-state index in [-0.39, 0.29) is 22.8 Å². The highest BCUT2D eigenvalue weighted by Crippen LogP contribution is 2.29. The van der Waals surface area contributed by atoms with E-state index in [1.807, 2.05) is 25.1 Å². The van der Waals surface area contributed by atoms with Crippen molar-refractivity contribution in [3.8, 4) is 0 Å². The molecule has 0 radical (unpaired) electrons. The summed E-state index contributed by atoms with van der Waals surface area (Å²) < 4.78 is 27.5. The number of anilines is 2. The van der Waals surface area contributed by atoms with Crippen molar-refractivity contribution in [1.29, 1.82) is 0 Å². The Balaban J connectivity index is 1.72. The van der Waals surface area contributed by atoms with Crippen LogP contribution in [0, 0.1) is 6.92 Å². The predicted molar refractivity (Wildman–Crippen MR) is 126 cm³/mol. The van der Waals surface area contributed by atoms with E-state index in [1.54, 1.807) is 18.2 Å². The lowest BCUT2D eigenvalue weighted by Gasteiger charge is -2.26. The molecule has 6 nitrogen and oxygen atoms in total. The Labute approximate surface area is 186 Å². The first kappa shape index (κ1) is 23.3. The van der Waals surface area contributed by atoms with E-state index in [1.165, 1.54) is 4.31 Å². The van der Waals surface area contributed by atoms with Crippen LogP contribution >= 0.6 is 0 Å². The number of piperidine rings is 1. The zero-order chi connectivity index (χ0) is 22.6. The van der Waals surface area contributed by atoms with E-state index >= 15 is 0 Å². The van der Waals surface area contributed by atoms with Crippen molar-refractivity contribution in [1.82, 2.24) is 4.31 Å². The molecule has 0 bridgehead atoms. The molecule has 0 saturated carbocycles. The van der Waals surface area contributed by atoms with E-state index in [9.17, 15) is 13.2 Å². The molecule has 0 unspecified atom stereocenters. The van der Waals surface area contributed by atoms with Gasteiger partial charge in [0.2, 0.25) is 15.9 Å². The number of nitrogens with one attached hydrogen (secondary N) is 2. The summed E-state index contributed by atoms with van der Waals surface area (Å²) in [5, 5.41) is 6.09. The Morgan fingerprint density at radius 1 is 1.00 bits per heavy atom. The highest BCUT2D eigenvalue weighted by molar-refractivity contribution is 7.89. The molecule has 7 heteroatoms. The number of carbonyl (C=O) groups is 1. The van der Waals surface area contributed by atoms with Crippen LogP contribution < -0.4 is 10.6 Å². The van der Waals surface area contributed by atoms with Gasteiger partial charge in [-0.2, -0.15) is 4.31 Å². The van der Waals surface area contributed by atoms with Gasteiger partial charge in [-0.15, -0.1) is 0 Å². The molecule has 1 aliphatic rings. The summed E-state index contributed by atoms with van der Waals surface area (Å²) >= 11 is 0. The van der Waals surface area contributed by atoms with E-state index in [2.05, 4.69) is 37.5 Å². The van der Waals surface area contributed by atoms with Gasteiger partial charge in [0.05, 0.1) is 11.4 Å². The number of amides is 1. The van der Waals surface area contributed by atoms with Crippen molar-refractivity contribution in [2.45, 2.75) is 57.3 Å². The van der Waals surface area contributed by atoms with Gasteiger partial charge in [-0.3, -0.25) is 4.79 Å². The van der Waals surface area contributed by atoms with E-state index < -0.39 is 10.0 Å². The van der Waals surface area contributed by atoms with Crippen molar-refractivity contribution in [3.05, 3.63) is 53.6 Å². The number of aryl methyl sites for hydroxylation is 1. The van der Waals surface area contributed by atoms with Crippen LogP contribution in [0.3, 0.4) is 0 Å². The molecule has 0 atom stereocenters. The summed E-state index contributed by atoms with van der Waals surface area (Å²) in [6, 6.07) is 12.9. The Bertz CT molecular complexity index is 1040. The smallest absolute Gasteiger partial charge is 0.243 e. The lowest BCUT2D eigenvalue weighted by Crippen LogP contribution is -2.35. The lowest BCUT2D eigenvalue weighted by atomic mass is 9.86. The molecule has 1 fully saturated rings. The standard InChI is InChI=1S/C24H33N3O3S/c1-18-12-13-19(31(29,30)27-14-8-5-9-15-27)16-22(18)26-23(28)17-25-21-11-7-6-10-20(21)24(2,3)4/h6-7,10-13,16,25H,5,8-9,14-15,17H2,1-4H3,(H,26,28). The summed E-state index contributed by atoms with van der Waals surface area (Å²) in [5.41, 5.74) is 3.35. The number of sulfonamides is 1. The van der Waals surface area contributed by atoms with Crippen molar-refractivity contribution >= 4 is 27.3 Å². The van der Waals surface area contributed by atoms with Crippen LogP contribution in [-0.2, 0) is 20.2 Å². The summed E-state index contributed by atoms with van der Waals surface area (Å²) in [7, 11) is -3.55. The van der Waals surface area contributed by atoms with Gasteiger partial charge >= 0.3 is 0 Å². The predicted octanol–water partition coefficient (Wildman–Crippen LogP) is 4.52. The summed E-state index contributed by atoms with van der Waals surface area (Å²) in [6.07, 6.45) is 2.83. The molecular formula is C24H33N3O3S. The molecule has 0 aliphatic carbocycles. The Morgan fingerprint density at radius 3 is 2.35 bits per heavy atom. The molecule has 1 aliphatic heterocycles. The number of rotatable bonds is 6. The fourth-order valence-corrected chi connectivity index (χ4v) is 5.36. The maximum atomic E-state index is 13.0. The maximum Gasteiger partial charge on any atom is 0.243 e. The Morgan fingerprint density at radius 2 is 1.68 bits per heavy atom. The molecule has 168 valence electrons. The first-order chi connectivity index (χ1) is 14.6. The highest BCUT2D eigenvalue weighted by atomic mass is 32.2. The average molecular weight is 444 g/mol. The molecule has 31 heavy (non-hydrogen) atoms. The first-order valence-electron chi connectivity index (χ1n) is 10.8. The number of hydrogen-bond donors (Lipinski definition) is 2. The van der Waals surface area contributed by atoms with Crippen LogP contribution in [0.4, 0.5) is 11.4 Å². The summed E-state index contributed by atoms with van der Waals surface area (Å²) in [4.78, 5) is 12.9. The second-order valence-electron chi connectivity index (χ2n) is 9.14. The van der Waals surface area contributed by atoms with Crippen LogP contribution in [0.2, 0.25) is 0 Å². The van der Waals surface area contributed by atoms with Gasteiger partial charge in [-0.25, -0.2) is 8.42 Å². The van der Waals surface area contributed by atoms with Gasteiger partial charge in [0, 0.05) is 24.5 Å². The van der Waals surface area contributed by atoms with Gasteiger partial charge in [0.25, 0.3) is 0 Å². The van der Waals surface area contributed by atoms with Gasteiger partial charge in [-0.1, -0.05) is 51.5 Å². The third-order valence-corrected chi connectivity index (χ3v) is 7.51. The zero-order valence-corrected chi connectivity index (χ0v) is 19.7. The molecule has 1 heterocycles. The van der Waals surface area contributed by atoms with Crippen molar-refractivity contribution in [2.24, 2.45) is 0 Å². The fourth-order valence-electron chi connectivity index (χ4n) is 3.81. The number of benzene rings is 2. The van der Waals surface area contributed by atoms with Gasteiger partial charge in [-0.05, 0) is 54.5 Å². The molecule has 0 aromatic heterocycles. The highest BCUT2D eigenvalue weighted by Gasteiger charge is 2.26. The molecule has 0 spiro atoms. The normalized spacial score (nSPS) is 15.5. The molecular weight excluding hydrogens is 410 g/mol. The Kier molecular flexibility index (Phi) is 7.06. The minimum Gasteiger partial charge on any atom is -0.376 e. The summed E-state index contributed by atoms with van der Waals surface area (Å²) in [6.45, 7) is 9.44. The minimum absolute atomic E-state index is 0.0478. The number of hydrogen-bond acceptors (Lipinski definition) is 4. The van der Waals surface area contributed by atoms with Crippen molar-refractivity contribution in [3.63, 3.8) is 0 Å². The van der Waals surface area contributed by atoms with Crippen LogP contribution in [0.5, 0.6) is 0 Å². The zero-order valence-electron chi connectivity index (χ0n) is 18.9. The van der Waals surface area contributed by atoms with E-state index in [0.29, 0.717) is 18.8 Å². The minimum atomic E-state index is -3.55. The SMILES string of the molecule is Cc1ccc(S(=O)(=O)N2CCCCC2)cc1NC(=O)CNc1ccccc1C(C)(C)C. The van der Waals surface area contributed by atoms with E-state index in [0.717, 1.165) is 36.1 Å². The third kappa shape index (κ3) is 5.66. The van der Waals surface area contributed by atoms with Crippen LogP contribution in [-0.4, -0.2) is 38.3 Å². The fraction of sp³-hybridized carbons (Fsp3) is 0.458. The maximum absolute atomic E-state index is 13.0. The van der Waals surface area contributed by atoms with Crippen LogP contribution in [0.1, 0.15) is 51.2 Å². The van der Waals surface area contributed by atoms with Gasteiger partial charge in [0.15, 0.2) is 0 Å². The quantitative estimate of drug-likeness (QED) is 0.688. The summed E-state index contributed by atoms with van der Waals surface area (Å²) in [5.74, 6) is -0.223. The van der Waals surface area contributed by atoms with E-state index in [4.69, 9.17) is 0 Å². The number of carbonyl (C=O) groups excluding carboxylic acids is 1. The van der Waals surface area contributed by atoms with Gasteiger partial charge in [0.1, 0.15) is 0 Å². The molecule has 3 rings (SSSR count). The Hall–Kier alpha value is -2.38. The second kappa shape index (κ2) is 9.40. The molecule has 2 N–H and O–H groups in total. The van der Waals surface area contributed by atoms with Crippen molar-refractivity contribution in [2.75, 3.05) is 30.3 Å². The average Bonchev–Trinajstić information content (AvgIpc) is 2.74. The molecule has 2 aromatic rings. The van der Waals surface area contributed by atoms with Crippen molar-refractivity contribution < 1.29 is 13.2 Å². The first-order valence-corrected chi connectivity index (χ1v) is 12.3. The monoisotopic (exact) mass is 443 g/mol. The third-order valence-electron chi connectivity index (χ3n) is 5.61. The molecule has 2 aromatic carbocycles. The topological polar surface area (TPSA) is 78.5 Å². The van der Waals surface area contributed by atoms with Crippen LogP contribution in [0.25, 0.3) is 0 Å². The van der Waals surface area contributed by atoms with Crippen LogP contribution in [0.15, 0.2) is 47.4 Å².